The number of carbonyl (C=O) groups excluding carboxylic acids is 2. The van der Waals surface area contributed by atoms with Gasteiger partial charge in [-0.25, -0.2) is 17.9 Å². The van der Waals surface area contributed by atoms with E-state index < -0.39 is 10.0 Å². The Morgan fingerprint density at radius 1 is 1.03 bits per heavy atom. The van der Waals surface area contributed by atoms with Crippen LogP contribution >= 0.6 is 11.6 Å². The van der Waals surface area contributed by atoms with Crippen molar-refractivity contribution in [3.63, 3.8) is 0 Å². The SMILES string of the molecule is CNS(=O)(=O)c1cc(C(=O)N2CCN(C(=O)Nc3ccc(C)c(Cl)c3)CC2)ccc1OC. The zero-order chi connectivity index (χ0) is 23.5. The third-order valence-electron chi connectivity index (χ3n) is 5.25. The largest absolute Gasteiger partial charge is 0.495 e. The summed E-state index contributed by atoms with van der Waals surface area (Å²) in [6, 6.07) is 9.29. The molecule has 0 aliphatic carbocycles. The number of urea groups is 1. The Kier molecular flexibility index (Phi) is 7.27. The number of aryl methyl sites for hydroxylation is 1. The number of nitrogens with zero attached hydrogens (tertiary/aromatic N) is 2. The molecule has 0 radical (unpaired) electrons. The van der Waals surface area contributed by atoms with Crippen molar-refractivity contribution >= 4 is 39.2 Å². The summed E-state index contributed by atoms with van der Waals surface area (Å²) >= 11 is 6.10. The fraction of sp³-hybridized carbons (Fsp3) is 0.333. The number of rotatable bonds is 5. The van der Waals surface area contributed by atoms with Crippen molar-refractivity contribution in [2.75, 3.05) is 45.7 Å². The molecule has 2 N–H and O–H groups in total. The lowest BCUT2D eigenvalue weighted by molar-refractivity contribution is 0.0671. The highest BCUT2D eigenvalue weighted by molar-refractivity contribution is 7.89. The molecule has 1 heterocycles. The summed E-state index contributed by atoms with van der Waals surface area (Å²) in [6.45, 7) is 3.20. The summed E-state index contributed by atoms with van der Waals surface area (Å²) in [7, 11) is -1.15. The quantitative estimate of drug-likeness (QED) is 0.683. The smallest absolute Gasteiger partial charge is 0.321 e. The van der Waals surface area contributed by atoms with Crippen molar-refractivity contribution in [2.45, 2.75) is 11.8 Å². The fourth-order valence-corrected chi connectivity index (χ4v) is 4.40. The highest BCUT2D eigenvalue weighted by atomic mass is 35.5. The molecule has 9 nitrogen and oxygen atoms in total. The molecule has 0 unspecified atom stereocenters. The Morgan fingerprint density at radius 2 is 1.69 bits per heavy atom. The second kappa shape index (κ2) is 9.76. The number of nitrogens with one attached hydrogen (secondary N) is 2. The maximum atomic E-state index is 12.9. The minimum absolute atomic E-state index is 0.108. The summed E-state index contributed by atoms with van der Waals surface area (Å²) in [5.41, 5.74) is 1.74. The highest BCUT2D eigenvalue weighted by Gasteiger charge is 2.27. The Hall–Kier alpha value is -2.82. The van der Waals surface area contributed by atoms with Crippen LogP contribution in [0.25, 0.3) is 0 Å². The summed E-state index contributed by atoms with van der Waals surface area (Å²) in [5.74, 6) is -0.167. The van der Waals surface area contributed by atoms with Gasteiger partial charge < -0.3 is 19.9 Å². The lowest BCUT2D eigenvalue weighted by Crippen LogP contribution is -2.51. The topological polar surface area (TPSA) is 108 Å². The van der Waals surface area contributed by atoms with E-state index in [-0.39, 0.29) is 28.1 Å². The van der Waals surface area contributed by atoms with Crippen LogP contribution in [0.2, 0.25) is 5.02 Å². The van der Waals surface area contributed by atoms with Gasteiger partial charge in [0.1, 0.15) is 10.6 Å². The number of amides is 3. The third-order valence-corrected chi connectivity index (χ3v) is 7.09. The van der Waals surface area contributed by atoms with Crippen LogP contribution in [-0.4, -0.2) is 70.5 Å². The first-order valence-corrected chi connectivity index (χ1v) is 11.8. The van der Waals surface area contributed by atoms with E-state index in [1.54, 1.807) is 21.9 Å². The molecule has 2 aromatic carbocycles. The molecule has 0 atom stereocenters. The van der Waals surface area contributed by atoms with Gasteiger partial charge in [0.25, 0.3) is 5.91 Å². The molecular formula is C21H25ClN4O5S. The molecule has 0 saturated carbocycles. The van der Waals surface area contributed by atoms with E-state index in [1.165, 1.54) is 32.4 Å². The minimum Gasteiger partial charge on any atom is -0.495 e. The van der Waals surface area contributed by atoms with E-state index in [1.807, 2.05) is 13.0 Å². The van der Waals surface area contributed by atoms with Gasteiger partial charge in [0.2, 0.25) is 10.0 Å². The molecule has 32 heavy (non-hydrogen) atoms. The van der Waals surface area contributed by atoms with Crippen molar-refractivity contribution in [3.05, 3.63) is 52.5 Å². The molecule has 0 aromatic heterocycles. The lowest BCUT2D eigenvalue weighted by atomic mass is 10.1. The van der Waals surface area contributed by atoms with Gasteiger partial charge >= 0.3 is 6.03 Å². The number of anilines is 1. The Balaban J connectivity index is 1.66. The molecule has 1 aliphatic heterocycles. The second-order valence-electron chi connectivity index (χ2n) is 7.25. The van der Waals surface area contributed by atoms with Gasteiger partial charge in [-0.15, -0.1) is 0 Å². The van der Waals surface area contributed by atoms with Crippen molar-refractivity contribution in [1.82, 2.24) is 14.5 Å². The van der Waals surface area contributed by atoms with Crippen LogP contribution in [0.4, 0.5) is 10.5 Å². The molecule has 2 aromatic rings. The molecule has 3 amide bonds. The van der Waals surface area contributed by atoms with E-state index >= 15 is 0 Å². The second-order valence-corrected chi connectivity index (χ2v) is 9.51. The number of hydrogen-bond donors (Lipinski definition) is 2. The molecule has 11 heteroatoms. The first kappa shape index (κ1) is 23.8. The van der Waals surface area contributed by atoms with Crippen LogP contribution in [0.15, 0.2) is 41.3 Å². The van der Waals surface area contributed by atoms with Gasteiger partial charge in [-0.05, 0) is 49.9 Å². The zero-order valence-electron chi connectivity index (χ0n) is 18.0. The molecular weight excluding hydrogens is 456 g/mol. The van der Waals surface area contributed by atoms with Crippen LogP contribution in [0.1, 0.15) is 15.9 Å². The molecule has 172 valence electrons. The van der Waals surface area contributed by atoms with Crippen molar-refractivity contribution in [3.8, 4) is 5.75 Å². The van der Waals surface area contributed by atoms with Crippen molar-refractivity contribution in [1.29, 1.82) is 0 Å². The van der Waals surface area contributed by atoms with Gasteiger partial charge in [0.15, 0.2) is 0 Å². The molecule has 0 bridgehead atoms. The fourth-order valence-electron chi connectivity index (χ4n) is 3.30. The summed E-state index contributed by atoms with van der Waals surface area (Å²) < 4.78 is 31.9. The predicted molar refractivity (Wildman–Crippen MR) is 122 cm³/mol. The zero-order valence-corrected chi connectivity index (χ0v) is 19.6. The van der Waals surface area contributed by atoms with Crippen LogP contribution < -0.4 is 14.8 Å². The monoisotopic (exact) mass is 480 g/mol. The van der Waals surface area contributed by atoms with Crippen molar-refractivity contribution < 1.29 is 22.7 Å². The molecule has 3 rings (SSSR count). The first-order valence-electron chi connectivity index (χ1n) is 9.89. The van der Waals surface area contributed by atoms with E-state index in [0.717, 1.165) is 5.56 Å². The summed E-state index contributed by atoms with van der Waals surface area (Å²) in [5, 5.41) is 3.38. The van der Waals surface area contributed by atoms with E-state index in [4.69, 9.17) is 16.3 Å². The van der Waals surface area contributed by atoms with Gasteiger partial charge in [0.05, 0.1) is 7.11 Å². The standard InChI is InChI=1S/C21H25ClN4O5S/c1-14-4-6-16(13-17(14)22)24-21(28)26-10-8-25(9-11-26)20(27)15-5-7-18(31-3)19(12-15)32(29,30)23-2/h4-7,12-13,23H,8-11H2,1-3H3,(H,24,28). The molecule has 1 aliphatic rings. The average Bonchev–Trinajstić information content (AvgIpc) is 2.80. The van der Waals surface area contributed by atoms with Crippen LogP contribution in [0, 0.1) is 6.92 Å². The minimum atomic E-state index is -3.80. The number of benzene rings is 2. The van der Waals surface area contributed by atoms with Crippen LogP contribution in [0.5, 0.6) is 5.75 Å². The molecule has 0 spiro atoms. The Labute approximate surface area is 192 Å². The van der Waals surface area contributed by atoms with E-state index in [2.05, 4.69) is 10.0 Å². The number of ether oxygens (including phenoxy) is 1. The lowest BCUT2D eigenvalue weighted by Gasteiger charge is -2.34. The number of methoxy groups -OCH3 is 1. The summed E-state index contributed by atoms with van der Waals surface area (Å²) in [4.78, 5) is 28.6. The van der Waals surface area contributed by atoms with E-state index in [9.17, 15) is 18.0 Å². The number of sulfonamides is 1. The van der Waals surface area contributed by atoms with Crippen molar-refractivity contribution in [2.24, 2.45) is 0 Å². The molecule has 1 saturated heterocycles. The first-order chi connectivity index (χ1) is 15.2. The number of halogens is 1. The Bertz CT molecular complexity index is 1130. The normalized spacial score (nSPS) is 14.2. The molecule has 1 fully saturated rings. The van der Waals surface area contributed by atoms with Gasteiger partial charge in [0, 0.05) is 42.5 Å². The number of piperazine rings is 1. The summed E-state index contributed by atoms with van der Waals surface area (Å²) in [6.07, 6.45) is 0. The number of hydrogen-bond acceptors (Lipinski definition) is 5. The van der Waals surface area contributed by atoms with Gasteiger partial charge in [-0.2, -0.15) is 0 Å². The Morgan fingerprint density at radius 3 is 2.28 bits per heavy atom. The van der Waals surface area contributed by atoms with Gasteiger partial charge in [-0.3, -0.25) is 4.79 Å². The predicted octanol–water partition coefficient (Wildman–Crippen LogP) is 2.56. The maximum Gasteiger partial charge on any atom is 0.321 e. The maximum absolute atomic E-state index is 12.9. The van der Waals surface area contributed by atoms with E-state index in [0.29, 0.717) is 36.9 Å². The highest BCUT2D eigenvalue weighted by Crippen LogP contribution is 2.26. The van der Waals surface area contributed by atoms with Crippen LogP contribution in [0.3, 0.4) is 0 Å². The third kappa shape index (κ3) is 5.14. The average molecular weight is 481 g/mol. The van der Waals surface area contributed by atoms with Crippen LogP contribution in [-0.2, 0) is 10.0 Å². The number of carbonyl (C=O) groups is 2. The van der Waals surface area contributed by atoms with Gasteiger partial charge in [-0.1, -0.05) is 17.7 Å².